The molecule has 0 amide bonds. The highest BCUT2D eigenvalue weighted by atomic mass is 19.3. The summed E-state index contributed by atoms with van der Waals surface area (Å²) in [6.07, 6.45) is -0.193. The van der Waals surface area contributed by atoms with Gasteiger partial charge in [0, 0.05) is 6.92 Å². The highest BCUT2D eigenvalue weighted by Crippen LogP contribution is 2.12. The Morgan fingerprint density at radius 2 is 2.00 bits per heavy atom. The molecule has 0 heterocycles. The first-order chi connectivity index (χ1) is 4.84. The van der Waals surface area contributed by atoms with Gasteiger partial charge in [-0.25, -0.2) is 0 Å². The highest BCUT2D eigenvalue weighted by molar-refractivity contribution is 5.86. The summed E-state index contributed by atoms with van der Waals surface area (Å²) in [6.45, 7) is 3.42. The number of carbonyl (C=O) groups excluding carboxylic acids is 1. The molecule has 4 heteroatoms. The Morgan fingerprint density at radius 3 is 2.27 bits per heavy atom. The van der Waals surface area contributed by atoms with Crippen LogP contribution in [-0.2, 0) is 9.53 Å². The number of rotatable bonds is 4. The van der Waals surface area contributed by atoms with Crippen molar-refractivity contribution >= 4 is 5.78 Å². The van der Waals surface area contributed by atoms with Crippen LogP contribution in [-0.4, -0.2) is 24.4 Å². The Labute approximate surface area is 64.5 Å². The lowest BCUT2D eigenvalue weighted by atomic mass is 10.2. The molecule has 0 aliphatic heterocycles. The quantitative estimate of drug-likeness (QED) is 0.634. The molecule has 0 radical (unpaired) electrons. The predicted octanol–water partition coefficient (Wildman–Crippen LogP) is 1.64. The maximum absolute atomic E-state index is 12.1. The molecule has 0 aromatic carbocycles. The summed E-state index contributed by atoms with van der Waals surface area (Å²) in [6, 6.07) is 0. The van der Waals surface area contributed by atoms with Crippen molar-refractivity contribution in [2.45, 2.75) is 32.8 Å². The van der Waals surface area contributed by atoms with E-state index in [2.05, 4.69) is 0 Å². The number of alkyl halides is 2. The van der Waals surface area contributed by atoms with E-state index in [1.54, 1.807) is 13.8 Å². The fourth-order valence-electron chi connectivity index (χ4n) is 0.369. The van der Waals surface area contributed by atoms with Crippen LogP contribution in [0.4, 0.5) is 8.78 Å². The lowest BCUT2D eigenvalue weighted by molar-refractivity contribution is -0.146. The lowest BCUT2D eigenvalue weighted by Crippen LogP contribution is -2.29. The second kappa shape index (κ2) is 3.76. The summed E-state index contributed by atoms with van der Waals surface area (Å²) >= 11 is 0. The minimum Gasteiger partial charge on any atom is -0.371 e. The number of ether oxygens (including phenoxy) is 1. The van der Waals surface area contributed by atoms with Gasteiger partial charge < -0.3 is 4.74 Å². The van der Waals surface area contributed by atoms with Gasteiger partial charge in [-0.05, 0) is 13.8 Å². The van der Waals surface area contributed by atoms with Crippen molar-refractivity contribution < 1.29 is 18.3 Å². The maximum atomic E-state index is 12.1. The molecule has 0 aliphatic rings. The maximum Gasteiger partial charge on any atom is 0.304 e. The molecule has 0 saturated heterocycles. The largest absolute Gasteiger partial charge is 0.371 e. The average Bonchev–Trinajstić information content (AvgIpc) is 1.80. The zero-order valence-corrected chi connectivity index (χ0v) is 6.86. The molecule has 0 aliphatic carbocycles. The number of ketones is 1. The molecule has 2 nitrogen and oxygen atoms in total. The van der Waals surface area contributed by atoms with E-state index in [9.17, 15) is 13.6 Å². The van der Waals surface area contributed by atoms with E-state index in [4.69, 9.17) is 4.74 Å². The number of halogens is 2. The van der Waals surface area contributed by atoms with E-state index in [0.29, 0.717) is 6.92 Å². The molecule has 0 saturated carbocycles. The third-order valence-electron chi connectivity index (χ3n) is 1.04. The van der Waals surface area contributed by atoms with Gasteiger partial charge in [0.05, 0.1) is 6.10 Å². The molecule has 0 aromatic rings. The van der Waals surface area contributed by atoms with Gasteiger partial charge in [0.15, 0.2) is 0 Å². The van der Waals surface area contributed by atoms with E-state index < -0.39 is 18.3 Å². The van der Waals surface area contributed by atoms with Crippen LogP contribution in [0.5, 0.6) is 0 Å². The summed E-state index contributed by atoms with van der Waals surface area (Å²) in [5.74, 6) is -4.44. The van der Waals surface area contributed by atoms with Crippen LogP contribution in [0.25, 0.3) is 0 Å². The normalized spacial score (nSPS) is 12.2. The number of carbonyl (C=O) groups is 1. The van der Waals surface area contributed by atoms with Gasteiger partial charge in [0.2, 0.25) is 5.78 Å². The Balaban J connectivity index is 3.71. The zero-order chi connectivity index (χ0) is 9.07. The summed E-state index contributed by atoms with van der Waals surface area (Å²) in [7, 11) is 0. The summed E-state index contributed by atoms with van der Waals surface area (Å²) < 4.78 is 29.0. The summed E-state index contributed by atoms with van der Waals surface area (Å²) in [5, 5.41) is 0. The van der Waals surface area contributed by atoms with Gasteiger partial charge in [-0.2, -0.15) is 8.78 Å². The SMILES string of the molecule is CC(C)OCC(=O)C(C)(F)F. The molecule has 0 bridgehead atoms. The Kier molecular flexibility index (Phi) is 3.58. The van der Waals surface area contributed by atoms with E-state index in [0.717, 1.165) is 0 Å². The van der Waals surface area contributed by atoms with Crippen molar-refractivity contribution in [1.29, 1.82) is 0 Å². The Bertz CT molecular complexity index is 138. The van der Waals surface area contributed by atoms with Gasteiger partial charge >= 0.3 is 5.92 Å². The molecule has 0 rings (SSSR count). The fourth-order valence-corrected chi connectivity index (χ4v) is 0.369. The molecule has 0 spiro atoms. The van der Waals surface area contributed by atoms with Crippen LogP contribution >= 0.6 is 0 Å². The molecular formula is C7H12F2O2. The minimum atomic E-state index is -3.27. The molecule has 0 fully saturated rings. The summed E-state index contributed by atoms with van der Waals surface area (Å²) in [5.41, 5.74) is 0. The zero-order valence-electron chi connectivity index (χ0n) is 6.86. The summed E-state index contributed by atoms with van der Waals surface area (Å²) in [4.78, 5) is 10.5. The fraction of sp³-hybridized carbons (Fsp3) is 0.857. The topological polar surface area (TPSA) is 26.3 Å². The van der Waals surface area contributed by atoms with Crippen molar-refractivity contribution in [2.75, 3.05) is 6.61 Å². The monoisotopic (exact) mass is 166 g/mol. The average molecular weight is 166 g/mol. The molecule has 0 atom stereocenters. The first-order valence-electron chi connectivity index (χ1n) is 3.36. The highest BCUT2D eigenvalue weighted by Gasteiger charge is 2.31. The second-order valence-corrected chi connectivity index (χ2v) is 2.67. The molecule has 0 N–H and O–H groups in total. The van der Waals surface area contributed by atoms with Gasteiger partial charge in [-0.3, -0.25) is 4.79 Å². The second-order valence-electron chi connectivity index (χ2n) is 2.67. The van der Waals surface area contributed by atoms with Crippen LogP contribution in [0.2, 0.25) is 0 Å². The van der Waals surface area contributed by atoms with Gasteiger partial charge in [-0.1, -0.05) is 0 Å². The molecular weight excluding hydrogens is 154 g/mol. The smallest absolute Gasteiger partial charge is 0.304 e. The van der Waals surface area contributed by atoms with Crippen LogP contribution in [0.3, 0.4) is 0 Å². The number of Topliss-reactive ketones (excluding diaryl/α,β-unsaturated/α-hetero) is 1. The van der Waals surface area contributed by atoms with E-state index in [1.807, 2.05) is 0 Å². The number of hydrogen-bond donors (Lipinski definition) is 0. The van der Waals surface area contributed by atoms with Crippen molar-refractivity contribution in [3.63, 3.8) is 0 Å². The minimum absolute atomic E-state index is 0.193. The number of hydrogen-bond acceptors (Lipinski definition) is 2. The third kappa shape index (κ3) is 4.84. The lowest BCUT2D eigenvalue weighted by Gasteiger charge is -2.10. The van der Waals surface area contributed by atoms with Crippen LogP contribution in [0, 0.1) is 0 Å². The molecule has 66 valence electrons. The predicted molar refractivity (Wildman–Crippen MR) is 36.7 cm³/mol. The molecule has 0 aromatic heterocycles. The Morgan fingerprint density at radius 1 is 1.55 bits per heavy atom. The van der Waals surface area contributed by atoms with Crippen LogP contribution < -0.4 is 0 Å². The first kappa shape index (κ1) is 10.5. The van der Waals surface area contributed by atoms with Crippen molar-refractivity contribution in [3.05, 3.63) is 0 Å². The van der Waals surface area contributed by atoms with Crippen LogP contribution in [0.1, 0.15) is 20.8 Å². The van der Waals surface area contributed by atoms with Crippen LogP contribution in [0.15, 0.2) is 0 Å². The standard InChI is InChI=1S/C7H12F2O2/c1-5(2)11-4-6(10)7(3,8)9/h5H,4H2,1-3H3. The first-order valence-corrected chi connectivity index (χ1v) is 3.36. The molecule has 11 heavy (non-hydrogen) atoms. The van der Waals surface area contributed by atoms with E-state index in [-0.39, 0.29) is 6.10 Å². The molecule has 0 unspecified atom stereocenters. The Hall–Kier alpha value is -0.510. The van der Waals surface area contributed by atoms with E-state index in [1.165, 1.54) is 0 Å². The van der Waals surface area contributed by atoms with Gasteiger partial charge in [0.1, 0.15) is 6.61 Å². The van der Waals surface area contributed by atoms with Gasteiger partial charge in [0.25, 0.3) is 0 Å². The van der Waals surface area contributed by atoms with Gasteiger partial charge in [-0.15, -0.1) is 0 Å². The van der Waals surface area contributed by atoms with Crippen molar-refractivity contribution in [3.8, 4) is 0 Å². The third-order valence-corrected chi connectivity index (χ3v) is 1.04. The van der Waals surface area contributed by atoms with E-state index >= 15 is 0 Å². The van der Waals surface area contributed by atoms with Crippen molar-refractivity contribution in [2.24, 2.45) is 0 Å². The van der Waals surface area contributed by atoms with Crippen molar-refractivity contribution in [1.82, 2.24) is 0 Å².